The van der Waals surface area contributed by atoms with E-state index in [4.69, 9.17) is 9.47 Å². The molecule has 3 heterocycles. The number of hydrogen-bond donors (Lipinski definition) is 1. The van der Waals surface area contributed by atoms with Gasteiger partial charge in [-0.1, -0.05) is 24.3 Å². The molecule has 4 atom stereocenters. The van der Waals surface area contributed by atoms with Crippen molar-refractivity contribution in [2.45, 2.75) is 44.0 Å². The highest BCUT2D eigenvalue weighted by Gasteiger charge is 2.40. The van der Waals surface area contributed by atoms with Gasteiger partial charge in [-0.3, -0.25) is 0 Å². The van der Waals surface area contributed by atoms with E-state index in [0.29, 0.717) is 18.1 Å². The molecule has 1 N–H and O–H groups in total. The Morgan fingerprint density at radius 3 is 2.95 bits per heavy atom. The normalized spacial score (nSPS) is 35.2. The minimum Gasteiger partial charge on any atom is -0.375 e. The van der Waals surface area contributed by atoms with E-state index in [1.807, 2.05) is 0 Å². The van der Waals surface area contributed by atoms with Gasteiger partial charge in [-0.25, -0.2) is 0 Å². The van der Waals surface area contributed by atoms with Crippen molar-refractivity contribution in [1.29, 1.82) is 0 Å². The summed E-state index contributed by atoms with van der Waals surface area (Å²) < 4.78 is 11.8. The third-order valence-electron chi connectivity index (χ3n) is 5.06. The molecule has 0 aromatic heterocycles. The lowest BCUT2D eigenvalue weighted by atomic mass is 9.89. The van der Waals surface area contributed by atoms with Crippen LogP contribution in [0.25, 0.3) is 0 Å². The van der Waals surface area contributed by atoms with Gasteiger partial charge in [0, 0.05) is 19.0 Å². The van der Waals surface area contributed by atoms with E-state index < -0.39 is 0 Å². The van der Waals surface area contributed by atoms with Gasteiger partial charge in [-0.15, -0.1) is 0 Å². The summed E-state index contributed by atoms with van der Waals surface area (Å²) in [5, 5.41) is 3.62. The van der Waals surface area contributed by atoms with Gasteiger partial charge in [0.15, 0.2) is 0 Å². The summed E-state index contributed by atoms with van der Waals surface area (Å²) in [6, 6.07) is 8.68. The molecule has 3 aliphatic rings. The van der Waals surface area contributed by atoms with Gasteiger partial charge in [0.2, 0.25) is 0 Å². The topological polar surface area (TPSA) is 30.5 Å². The second kappa shape index (κ2) is 5.47. The minimum atomic E-state index is 0.222. The molecule has 4 rings (SSSR count). The molecule has 3 heteroatoms. The van der Waals surface area contributed by atoms with Gasteiger partial charge < -0.3 is 14.8 Å². The molecule has 1 aromatic rings. The van der Waals surface area contributed by atoms with Crippen molar-refractivity contribution < 1.29 is 9.47 Å². The van der Waals surface area contributed by atoms with Gasteiger partial charge in [-0.2, -0.15) is 0 Å². The number of nitrogens with one attached hydrogen (secondary N) is 1. The number of hydrogen-bond acceptors (Lipinski definition) is 3. The predicted molar refractivity (Wildman–Crippen MR) is 77.7 cm³/mol. The number of ether oxygens (including phenoxy) is 2. The molecule has 108 valence electrons. The largest absolute Gasteiger partial charge is 0.375 e. The van der Waals surface area contributed by atoms with Crippen LogP contribution in [0, 0.1) is 5.92 Å². The molecule has 2 bridgehead atoms. The van der Waals surface area contributed by atoms with Crippen molar-refractivity contribution in [3.8, 4) is 0 Å². The standard InChI is InChI=1S/C17H23NO2/c1-2-4-15-12(3-1)7-8-19-17(15)11-18-10-13-9-14-5-6-16(13)20-14/h1-4,13-14,16-18H,5-11H2. The zero-order valence-corrected chi connectivity index (χ0v) is 11.9. The van der Waals surface area contributed by atoms with E-state index in [1.165, 1.54) is 30.4 Å². The summed E-state index contributed by atoms with van der Waals surface area (Å²) >= 11 is 0. The summed E-state index contributed by atoms with van der Waals surface area (Å²) in [4.78, 5) is 0. The Labute approximate surface area is 120 Å². The SMILES string of the molecule is c1ccc2c(c1)CCOC2CNCC1CC2CCC1O2. The lowest BCUT2D eigenvalue weighted by Crippen LogP contribution is -2.34. The monoisotopic (exact) mass is 273 g/mol. The van der Waals surface area contributed by atoms with Crippen LogP contribution >= 0.6 is 0 Å². The van der Waals surface area contributed by atoms with Crippen molar-refractivity contribution in [3.63, 3.8) is 0 Å². The van der Waals surface area contributed by atoms with Gasteiger partial charge in [-0.05, 0) is 36.8 Å². The molecular formula is C17H23NO2. The highest BCUT2D eigenvalue weighted by Crippen LogP contribution is 2.38. The molecule has 1 aromatic carbocycles. The molecule has 2 fully saturated rings. The lowest BCUT2D eigenvalue weighted by molar-refractivity contribution is 0.0408. The second-order valence-corrected chi connectivity index (χ2v) is 6.34. The fourth-order valence-corrected chi connectivity index (χ4v) is 4.00. The molecule has 0 spiro atoms. The molecule has 2 saturated heterocycles. The van der Waals surface area contributed by atoms with Crippen LogP contribution in [0.4, 0.5) is 0 Å². The fourth-order valence-electron chi connectivity index (χ4n) is 4.00. The second-order valence-electron chi connectivity index (χ2n) is 6.34. The summed E-state index contributed by atoms with van der Waals surface area (Å²) in [5.41, 5.74) is 2.82. The highest BCUT2D eigenvalue weighted by molar-refractivity contribution is 5.31. The quantitative estimate of drug-likeness (QED) is 0.914. The smallest absolute Gasteiger partial charge is 0.0952 e. The molecule has 0 saturated carbocycles. The zero-order chi connectivity index (χ0) is 13.4. The Morgan fingerprint density at radius 1 is 1.15 bits per heavy atom. The molecule has 0 amide bonds. The summed E-state index contributed by atoms with van der Waals surface area (Å²) in [7, 11) is 0. The first-order chi connectivity index (χ1) is 9.90. The summed E-state index contributed by atoms with van der Waals surface area (Å²) in [6.45, 7) is 2.84. The number of rotatable bonds is 4. The fraction of sp³-hybridized carbons (Fsp3) is 0.647. The first-order valence-electron chi connectivity index (χ1n) is 7.96. The molecule has 0 aliphatic carbocycles. The van der Waals surface area contributed by atoms with E-state index in [9.17, 15) is 0 Å². The Bertz CT molecular complexity index is 476. The third-order valence-corrected chi connectivity index (χ3v) is 5.06. The van der Waals surface area contributed by atoms with Crippen LogP contribution in [0.1, 0.15) is 36.5 Å². The van der Waals surface area contributed by atoms with Gasteiger partial charge in [0.1, 0.15) is 0 Å². The molecule has 4 unspecified atom stereocenters. The van der Waals surface area contributed by atoms with Gasteiger partial charge in [0.25, 0.3) is 0 Å². The van der Waals surface area contributed by atoms with Gasteiger partial charge in [0.05, 0.1) is 24.9 Å². The van der Waals surface area contributed by atoms with Crippen LogP contribution < -0.4 is 5.32 Å². The summed E-state index contributed by atoms with van der Waals surface area (Å²) in [5.74, 6) is 0.715. The Kier molecular flexibility index (Phi) is 3.51. The molecule has 3 nitrogen and oxygen atoms in total. The van der Waals surface area contributed by atoms with Crippen molar-refractivity contribution >= 4 is 0 Å². The Balaban J connectivity index is 1.32. The van der Waals surface area contributed by atoms with Crippen LogP contribution in [0.3, 0.4) is 0 Å². The van der Waals surface area contributed by atoms with Crippen LogP contribution in [-0.4, -0.2) is 31.9 Å². The van der Waals surface area contributed by atoms with Crippen LogP contribution in [0.2, 0.25) is 0 Å². The number of fused-ring (bicyclic) bond motifs is 3. The lowest BCUT2D eigenvalue weighted by Gasteiger charge is -2.27. The molecular weight excluding hydrogens is 250 g/mol. The van der Waals surface area contributed by atoms with Gasteiger partial charge >= 0.3 is 0 Å². The molecule has 0 radical (unpaired) electrons. The third kappa shape index (κ3) is 2.39. The average Bonchev–Trinajstić information content (AvgIpc) is 3.10. The maximum absolute atomic E-state index is 5.94. The Morgan fingerprint density at radius 2 is 2.10 bits per heavy atom. The highest BCUT2D eigenvalue weighted by atomic mass is 16.5. The molecule has 20 heavy (non-hydrogen) atoms. The van der Waals surface area contributed by atoms with Crippen LogP contribution in [-0.2, 0) is 15.9 Å². The zero-order valence-electron chi connectivity index (χ0n) is 11.9. The van der Waals surface area contributed by atoms with E-state index in [1.54, 1.807) is 0 Å². The van der Waals surface area contributed by atoms with Crippen LogP contribution in [0.5, 0.6) is 0 Å². The van der Waals surface area contributed by atoms with E-state index in [-0.39, 0.29) is 6.10 Å². The van der Waals surface area contributed by atoms with Crippen molar-refractivity contribution in [1.82, 2.24) is 5.32 Å². The molecule has 3 aliphatic heterocycles. The number of benzene rings is 1. The first kappa shape index (κ1) is 12.8. The maximum atomic E-state index is 5.94. The van der Waals surface area contributed by atoms with Crippen molar-refractivity contribution in [3.05, 3.63) is 35.4 Å². The Hall–Kier alpha value is -0.900. The van der Waals surface area contributed by atoms with Crippen molar-refractivity contribution in [2.75, 3.05) is 19.7 Å². The van der Waals surface area contributed by atoms with E-state index in [0.717, 1.165) is 26.1 Å². The maximum Gasteiger partial charge on any atom is 0.0952 e. The predicted octanol–water partition coefficient (Wildman–Crippen LogP) is 2.46. The van der Waals surface area contributed by atoms with Crippen LogP contribution in [0.15, 0.2) is 24.3 Å². The van der Waals surface area contributed by atoms with E-state index in [2.05, 4.69) is 29.6 Å². The minimum absolute atomic E-state index is 0.222. The van der Waals surface area contributed by atoms with Crippen molar-refractivity contribution in [2.24, 2.45) is 5.92 Å². The first-order valence-corrected chi connectivity index (χ1v) is 7.96. The summed E-state index contributed by atoms with van der Waals surface area (Å²) in [6.07, 6.45) is 6.14. The average molecular weight is 273 g/mol. The van der Waals surface area contributed by atoms with E-state index >= 15 is 0 Å².